The zero-order chi connectivity index (χ0) is 22.3. The van der Waals surface area contributed by atoms with Crippen molar-refractivity contribution >= 4 is 23.2 Å². The maximum absolute atomic E-state index is 13.1. The molecular weight excluding hydrogens is 424 g/mol. The van der Waals surface area contributed by atoms with Crippen LogP contribution in [0.2, 0.25) is 5.02 Å². The largest absolute Gasteiger partial charge is 0.492 e. The van der Waals surface area contributed by atoms with Crippen molar-refractivity contribution in [3.05, 3.63) is 59.6 Å². The zero-order valence-corrected chi connectivity index (χ0v) is 19.6. The lowest BCUT2D eigenvalue weighted by molar-refractivity contribution is -0.137. The van der Waals surface area contributed by atoms with Gasteiger partial charge in [-0.25, -0.2) is 0 Å². The molecule has 0 bridgehead atoms. The lowest BCUT2D eigenvalue weighted by Gasteiger charge is -2.41. The molecule has 2 heterocycles. The number of anilines is 1. The van der Waals surface area contributed by atoms with E-state index in [-0.39, 0.29) is 11.9 Å². The van der Waals surface area contributed by atoms with Gasteiger partial charge in [0.15, 0.2) is 0 Å². The van der Waals surface area contributed by atoms with Crippen molar-refractivity contribution in [2.75, 3.05) is 70.4 Å². The fourth-order valence-electron chi connectivity index (χ4n) is 4.44. The maximum atomic E-state index is 13.1. The molecule has 0 aromatic heterocycles. The van der Waals surface area contributed by atoms with Crippen LogP contribution in [-0.4, -0.2) is 92.2 Å². The van der Waals surface area contributed by atoms with Crippen LogP contribution in [0.5, 0.6) is 5.75 Å². The Kier molecular flexibility index (Phi) is 7.90. The van der Waals surface area contributed by atoms with Gasteiger partial charge in [0.05, 0.1) is 6.04 Å². The van der Waals surface area contributed by atoms with Crippen LogP contribution >= 0.6 is 11.6 Å². The van der Waals surface area contributed by atoms with Crippen molar-refractivity contribution < 1.29 is 9.53 Å². The van der Waals surface area contributed by atoms with Gasteiger partial charge in [-0.3, -0.25) is 14.6 Å². The predicted molar refractivity (Wildman–Crippen MR) is 130 cm³/mol. The third-order valence-electron chi connectivity index (χ3n) is 6.51. The molecule has 0 aliphatic carbocycles. The van der Waals surface area contributed by atoms with E-state index in [9.17, 15) is 4.79 Å². The number of ether oxygens (including phenoxy) is 1. The fourth-order valence-corrected chi connectivity index (χ4v) is 4.57. The Bertz CT molecular complexity index is 848. The molecule has 172 valence electrons. The molecule has 2 fully saturated rings. The summed E-state index contributed by atoms with van der Waals surface area (Å²) in [6.07, 6.45) is 0. The third kappa shape index (κ3) is 5.94. The van der Waals surface area contributed by atoms with Gasteiger partial charge in [0.25, 0.3) is 0 Å². The van der Waals surface area contributed by atoms with E-state index >= 15 is 0 Å². The maximum Gasteiger partial charge on any atom is 0.239 e. The Hall–Kier alpha value is -2.28. The van der Waals surface area contributed by atoms with Gasteiger partial charge in [0.1, 0.15) is 12.4 Å². The van der Waals surface area contributed by atoms with Crippen LogP contribution in [0.25, 0.3) is 0 Å². The number of hydrogen-bond donors (Lipinski definition) is 0. The summed E-state index contributed by atoms with van der Waals surface area (Å²) < 4.78 is 5.82. The summed E-state index contributed by atoms with van der Waals surface area (Å²) in [4.78, 5) is 22.2. The van der Waals surface area contributed by atoms with Crippen LogP contribution in [-0.2, 0) is 4.79 Å². The number of rotatable bonds is 7. The van der Waals surface area contributed by atoms with Gasteiger partial charge >= 0.3 is 0 Å². The summed E-state index contributed by atoms with van der Waals surface area (Å²) in [5, 5.41) is 0.718. The number of carbonyl (C=O) groups is 1. The second kappa shape index (κ2) is 11.0. The molecule has 0 N–H and O–H groups in total. The van der Waals surface area contributed by atoms with Gasteiger partial charge in [-0.1, -0.05) is 29.8 Å². The van der Waals surface area contributed by atoms with Gasteiger partial charge in [-0.15, -0.1) is 0 Å². The molecular formula is C25H33ClN4O2. The summed E-state index contributed by atoms with van der Waals surface area (Å²) in [6, 6.07) is 17.9. The summed E-state index contributed by atoms with van der Waals surface area (Å²) in [7, 11) is 0. The highest BCUT2D eigenvalue weighted by atomic mass is 35.5. The Morgan fingerprint density at radius 3 is 2.22 bits per heavy atom. The third-order valence-corrected chi connectivity index (χ3v) is 6.77. The van der Waals surface area contributed by atoms with Crippen LogP contribution in [0.4, 0.5) is 5.69 Å². The van der Waals surface area contributed by atoms with E-state index in [4.69, 9.17) is 16.3 Å². The first-order valence-electron chi connectivity index (χ1n) is 11.5. The number of halogens is 1. The van der Waals surface area contributed by atoms with Crippen molar-refractivity contribution in [1.29, 1.82) is 0 Å². The molecule has 6 nitrogen and oxygen atoms in total. The minimum atomic E-state index is -0.0641. The van der Waals surface area contributed by atoms with Crippen molar-refractivity contribution in [2.45, 2.75) is 13.0 Å². The molecule has 32 heavy (non-hydrogen) atoms. The van der Waals surface area contributed by atoms with Crippen LogP contribution in [0.1, 0.15) is 6.92 Å². The number of piperazine rings is 2. The lowest BCUT2D eigenvalue weighted by atomic mass is 10.1. The summed E-state index contributed by atoms with van der Waals surface area (Å²) in [5.74, 6) is 1.11. The molecule has 2 aliphatic rings. The smallest absolute Gasteiger partial charge is 0.239 e. The molecule has 4 rings (SSSR count). The Morgan fingerprint density at radius 2 is 1.56 bits per heavy atom. The predicted octanol–water partition coefficient (Wildman–Crippen LogP) is 3.07. The molecule has 2 aliphatic heterocycles. The summed E-state index contributed by atoms with van der Waals surface area (Å²) in [6.45, 7) is 10.7. The highest BCUT2D eigenvalue weighted by Gasteiger charge is 2.30. The fraction of sp³-hybridized carbons (Fsp3) is 0.480. The molecule has 0 spiro atoms. The number of hydrogen-bond acceptors (Lipinski definition) is 5. The average Bonchev–Trinajstić information content (AvgIpc) is 2.85. The van der Waals surface area contributed by atoms with E-state index in [1.807, 2.05) is 35.2 Å². The highest BCUT2D eigenvalue weighted by molar-refractivity contribution is 6.30. The minimum absolute atomic E-state index is 0.0641. The van der Waals surface area contributed by atoms with E-state index in [1.54, 1.807) is 0 Å². The quantitative estimate of drug-likeness (QED) is 0.640. The Labute approximate surface area is 196 Å². The van der Waals surface area contributed by atoms with Crippen molar-refractivity contribution in [2.24, 2.45) is 0 Å². The van der Waals surface area contributed by atoms with Crippen molar-refractivity contribution in [3.8, 4) is 5.75 Å². The monoisotopic (exact) mass is 456 g/mol. The molecule has 2 saturated heterocycles. The van der Waals surface area contributed by atoms with Gasteiger partial charge < -0.3 is 14.5 Å². The molecule has 1 unspecified atom stereocenters. The molecule has 0 radical (unpaired) electrons. The van der Waals surface area contributed by atoms with Gasteiger partial charge in [-0.05, 0) is 43.3 Å². The standard InChI is InChI=1S/C25H33ClN4O2/c1-21(25(31)30-17-15-29(16-18-30)23-5-3-2-4-6-23)28-13-11-27(12-14-28)19-20-32-24-9-7-22(26)8-10-24/h2-10,21H,11-20H2,1H3. The number of amides is 1. The van der Waals surface area contributed by atoms with Gasteiger partial charge in [0.2, 0.25) is 5.91 Å². The summed E-state index contributed by atoms with van der Waals surface area (Å²) >= 11 is 5.91. The van der Waals surface area contributed by atoms with Crippen molar-refractivity contribution in [1.82, 2.24) is 14.7 Å². The van der Waals surface area contributed by atoms with E-state index < -0.39 is 0 Å². The molecule has 1 amide bonds. The Balaban J connectivity index is 1.17. The SMILES string of the molecule is CC(C(=O)N1CCN(c2ccccc2)CC1)N1CCN(CCOc2ccc(Cl)cc2)CC1. The second-order valence-corrected chi connectivity index (χ2v) is 8.94. The minimum Gasteiger partial charge on any atom is -0.492 e. The van der Waals surface area contributed by atoms with Gasteiger partial charge in [-0.2, -0.15) is 0 Å². The highest BCUT2D eigenvalue weighted by Crippen LogP contribution is 2.18. The topological polar surface area (TPSA) is 39.3 Å². The van der Waals surface area contributed by atoms with E-state index in [0.717, 1.165) is 69.7 Å². The molecule has 7 heteroatoms. The first-order valence-corrected chi connectivity index (χ1v) is 11.9. The zero-order valence-electron chi connectivity index (χ0n) is 18.8. The number of benzene rings is 2. The van der Waals surface area contributed by atoms with Gasteiger partial charge in [0, 0.05) is 69.6 Å². The second-order valence-electron chi connectivity index (χ2n) is 8.50. The average molecular weight is 457 g/mol. The Morgan fingerprint density at radius 1 is 0.906 bits per heavy atom. The molecule has 2 aromatic rings. The first kappa shape index (κ1) is 22.9. The normalized spacial score (nSPS) is 19.1. The van der Waals surface area contributed by atoms with E-state index in [2.05, 4.69) is 45.9 Å². The van der Waals surface area contributed by atoms with E-state index in [0.29, 0.717) is 6.61 Å². The summed E-state index contributed by atoms with van der Waals surface area (Å²) in [5.41, 5.74) is 1.24. The van der Waals surface area contributed by atoms with Crippen LogP contribution in [0.15, 0.2) is 54.6 Å². The molecule has 1 atom stereocenters. The number of nitrogens with zero attached hydrogens (tertiary/aromatic N) is 4. The van der Waals surface area contributed by atoms with Crippen LogP contribution < -0.4 is 9.64 Å². The number of carbonyl (C=O) groups excluding carboxylic acids is 1. The van der Waals surface area contributed by atoms with E-state index in [1.165, 1.54) is 5.69 Å². The van der Waals surface area contributed by atoms with Crippen LogP contribution in [0.3, 0.4) is 0 Å². The number of para-hydroxylation sites is 1. The van der Waals surface area contributed by atoms with Crippen molar-refractivity contribution in [3.63, 3.8) is 0 Å². The van der Waals surface area contributed by atoms with Crippen LogP contribution in [0, 0.1) is 0 Å². The first-order chi connectivity index (χ1) is 15.6. The molecule has 0 saturated carbocycles. The lowest BCUT2D eigenvalue weighted by Crippen LogP contribution is -2.57. The molecule has 2 aromatic carbocycles.